The summed E-state index contributed by atoms with van der Waals surface area (Å²) in [5, 5.41) is 2.73. The minimum Gasteiger partial charge on any atom is -0.378 e. The van der Waals surface area contributed by atoms with Crippen molar-refractivity contribution in [3.8, 4) is 0 Å². The second kappa shape index (κ2) is 9.03. The molecule has 2 aliphatic carbocycles. The van der Waals surface area contributed by atoms with E-state index in [-0.39, 0.29) is 24.7 Å². The Bertz CT molecular complexity index is 613. The van der Waals surface area contributed by atoms with Gasteiger partial charge in [0.15, 0.2) is 0 Å². The van der Waals surface area contributed by atoms with E-state index in [0.717, 1.165) is 25.7 Å². The summed E-state index contributed by atoms with van der Waals surface area (Å²) in [5.74, 6) is -1.76. The Labute approximate surface area is 165 Å². The zero-order chi connectivity index (χ0) is 20.1. The molecule has 0 spiro atoms. The van der Waals surface area contributed by atoms with Crippen molar-refractivity contribution in [2.75, 3.05) is 26.3 Å². The fourth-order valence-electron chi connectivity index (χ4n) is 4.52. The Morgan fingerprint density at radius 1 is 1.18 bits per heavy atom. The van der Waals surface area contributed by atoms with Crippen LogP contribution in [-0.4, -0.2) is 60.7 Å². The molecule has 0 bridgehead atoms. The summed E-state index contributed by atoms with van der Waals surface area (Å²) < 4.78 is 5.29. The van der Waals surface area contributed by atoms with Gasteiger partial charge in [-0.05, 0) is 18.8 Å². The lowest BCUT2D eigenvalue weighted by atomic mass is 9.81. The lowest BCUT2D eigenvalue weighted by Crippen LogP contribution is -2.51. The van der Waals surface area contributed by atoms with Crippen LogP contribution in [0.15, 0.2) is 0 Å². The molecule has 0 aromatic rings. The first-order chi connectivity index (χ1) is 13.5. The molecule has 0 aromatic heterocycles. The molecule has 3 atom stereocenters. The highest BCUT2D eigenvalue weighted by molar-refractivity contribution is 5.98. The van der Waals surface area contributed by atoms with Gasteiger partial charge in [0.25, 0.3) is 0 Å². The second-order valence-electron chi connectivity index (χ2n) is 8.41. The van der Waals surface area contributed by atoms with Crippen LogP contribution in [0.3, 0.4) is 0 Å². The maximum atomic E-state index is 13.0. The van der Waals surface area contributed by atoms with Crippen LogP contribution in [0.4, 0.5) is 0 Å². The van der Waals surface area contributed by atoms with Crippen molar-refractivity contribution in [1.29, 1.82) is 0 Å². The molecule has 8 nitrogen and oxygen atoms in total. The molecule has 8 heteroatoms. The number of hydrogen-bond donors (Lipinski definition) is 2. The van der Waals surface area contributed by atoms with E-state index in [9.17, 15) is 19.2 Å². The maximum Gasteiger partial charge on any atom is 0.243 e. The smallest absolute Gasteiger partial charge is 0.243 e. The molecule has 0 radical (unpaired) electrons. The summed E-state index contributed by atoms with van der Waals surface area (Å²) in [6, 6.07) is 0. The first-order valence-corrected chi connectivity index (χ1v) is 10.4. The Balaban J connectivity index is 1.67. The fraction of sp³-hybridized carbons (Fsp3) is 0.800. The monoisotopic (exact) mass is 393 g/mol. The number of nitrogens with zero attached hydrogens (tertiary/aromatic N) is 1. The number of amides is 3. The molecule has 28 heavy (non-hydrogen) atoms. The number of hydrogen-bond acceptors (Lipinski definition) is 5. The summed E-state index contributed by atoms with van der Waals surface area (Å²) in [6.45, 7) is 2.10. The number of nitrogens with one attached hydrogen (secondary N) is 1. The number of aldehydes is 1. The third-order valence-electron chi connectivity index (χ3n) is 6.46. The number of morpholine rings is 1. The minimum atomic E-state index is -1.27. The molecular weight excluding hydrogens is 362 g/mol. The predicted octanol–water partition coefficient (Wildman–Crippen LogP) is 0.381. The summed E-state index contributed by atoms with van der Waals surface area (Å²) >= 11 is 0. The molecular formula is C20H31N3O5. The molecule has 3 unspecified atom stereocenters. The van der Waals surface area contributed by atoms with Crippen LogP contribution in [-0.2, 0) is 23.9 Å². The van der Waals surface area contributed by atoms with Gasteiger partial charge in [0, 0.05) is 31.3 Å². The molecule has 3 aliphatic rings. The zero-order valence-electron chi connectivity index (χ0n) is 16.4. The summed E-state index contributed by atoms with van der Waals surface area (Å²) in [5.41, 5.74) is 4.18. The van der Waals surface area contributed by atoms with Gasteiger partial charge in [0.1, 0.15) is 11.8 Å². The molecule has 3 amide bonds. The van der Waals surface area contributed by atoms with Gasteiger partial charge in [-0.2, -0.15) is 0 Å². The lowest BCUT2D eigenvalue weighted by molar-refractivity contribution is -0.140. The first kappa shape index (κ1) is 20.8. The van der Waals surface area contributed by atoms with E-state index < -0.39 is 23.3 Å². The van der Waals surface area contributed by atoms with Gasteiger partial charge >= 0.3 is 0 Å². The Hall–Kier alpha value is -1.96. The van der Waals surface area contributed by atoms with Crippen molar-refractivity contribution in [1.82, 2.24) is 10.2 Å². The van der Waals surface area contributed by atoms with Crippen LogP contribution in [0.1, 0.15) is 51.4 Å². The van der Waals surface area contributed by atoms with Gasteiger partial charge in [-0.3, -0.25) is 14.4 Å². The van der Waals surface area contributed by atoms with E-state index in [1.165, 1.54) is 6.42 Å². The number of carbonyl (C=O) groups excluding carboxylic acids is 4. The fourth-order valence-corrected chi connectivity index (χ4v) is 4.52. The third-order valence-corrected chi connectivity index (χ3v) is 6.46. The van der Waals surface area contributed by atoms with Crippen molar-refractivity contribution in [2.45, 2.75) is 56.9 Å². The molecule has 1 aliphatic heterocycles. The van der Waals surface area contributed by atoms with Crippen LogP contribution in [0.25, 0.3) is 0 Å². The van der Waals surface area contributed by atoms with Gasteiger partial charge in [-0.1, -0.05) is 32.1 Å². The van der Waals surface area contributed by atoms with Crippen LogP contribution in [0.2, 0.25) is 0 Å². The Kier molecular flexibility index (Phi) is 6.69. The maximum absolute atomic E-state index is 13.0. The van der Waals surface area contributed by atoms with Gasteiger partial charge < -0.3 is 25.5 Å². The van der Waals surface area contributed by atoms with Crippen molar-refractivity contribution in [3.05, 3.63) is 0 Å². The summed E-state index contributed by atoms with van der Waals surface area (Å²) in [6.07, 6.45) is 7.28. The molecule has 1 heterocycles. The van der Waals surface area contributed by atoms with Gasteiger partial charge in [-0.25, -0.2) is 0 Å². The normalized spacial score (nSPS) is 29.0. The highest BCUT2D eigenvalue weighted by Crippen LogP contribution is 2.42. The molecule has 1 saturated heterocycles. The minimum absolute atomic E-state index is 0.0601. The summed E-state index contributed by atoms with van der Waals surface area (Å²) in [4.78, 5) is 50.4. The van der Waals surface area contributed by atoms with Crippen LogP contribution in [0.5, 0.6) is 0 Å². The number of ether oxygens (including phenoxy) is 1. The third kappa shape index (κ3) is 4.71. The highest BCUT2D eigenvalue weighted by Gasteiger charge is 2.60. The SMILES string of the molecule is NC(=O)C1(NC(=O)C(CC(=O)N2CCOCC2)CC2CCCCC2)CC1C=O. The van der Waals surface area contributed by atoms with Crippen molar-refractivity contribution in [3.63, 3.8) is 0 Å². The standard InChI is InChI=1S/C20H31N3O5/c21-19(27)20(12-16(20)13-24)22-18(26)15(10-14-4-2-1-3-5-14)11-17(25)23-6-8-28-9-7-23/h13-16H,1-12H2,(H2,21,27)(H,22,26). The number of rotatable bonds is 8. The molecule has 0 aromatic carbocycles. The van der Waals surface area contributed by atoms with Crippen LogP contribution in [0, 0.1) is 17.8 Å². The Morgan fingerprint density at radius 2 is 1.86 bits per heavy atom. The zero-order valence-corrected chi connectivity index (χ0v) is 16.4. The van der Waals surface area contributed by atoms with Gasteiger partial charge in [0.2, 0.25) is 17.7 Å². The first-order valence-electron chi connectivity index (χ1n) is 10.4. The van der Waals surface area contributed by atoms with E-state index in [4.69, 9.17) is 10.5 Å². The topological polar surface area (TPSA) is 119 Å². The number of carbonyl (C=O) groups is 4. The highest BCUT2D eigenvalue weighted by atomic mass is 16.5. The average molecular weight is 393 g/mol. The number of nitrogens with two attached hydrogens (primary N) is 1. The van der Waals surface area contributed by atoms with E-state index in [2.05, 4.69) is 5.32 Å². The van der Waals surface area contributed by atoms with Crippen molar-refractivity contribution in [2.24, 2.45) is 23.5 Å². The van der Waals surface area contributed by atoms with Gasteiger partial charge in [0.05, 0.1) is 13.2 Å². The lowest BCUT2D eigenvalue weighted by Gasteiger charge is -2.30. The number of primary amides is 1. The van der Waals surface area contributed by atoms with Crippen LogP contribution >= 0.6 is 0 Å². The van der Waals surface area contributed by atoms with E-state index >= 15 is 0 Å². The van der Waals surface area contributed by atoms with E-state index in [0.29, 0.717) is 44.9 Å². The quantitative estimate of drug-likeness (QED) is 0.578. The molecule has 3 rings (SSSR count). The predicted molar refractivity (Wildman–Crippen MR) is 101 cm³/mol. The van der Waals surface area contributed by atoms with Gasteiger partial charge in [-0.15, -0.1) is 0 Å². The molecule has 2 saturated carbocycles. The van der Waals surface area contributed by atoms with Crippen molar-refractivity contribution >= 4 is 24.0 Å². The molecule has 3 N–H and O–H groups in total. The Morgan fingerprint density at radius 3 is 2.43 bits per heavy atom. The van der Waals surface area contributed by atoms with Crippen molar-refractivity contribution < 1.29 is 23.9 Å². The van der Waals surface area contributed by atoms with Crippen LogP contribution < -0.4 is 11.1 Å². The molecule has 156 valence electrons. The molecule has 3 fully saturated rings. The van der Waals surface area contributed by atoms with E-state index in [1.807, 2.05) is 0 Å². The second-order valence-corrected chi connectivity index (χ2v) is 8.41. The largest absolute Gasteiger partial charge is 0.378 e. The average Bonchev–Trinajstić information content (AvgIpc) is 3.43. The summed E-state index contributed by atoms with van der Waals surface area (Å²) in [7, 11) is 0. The van der Waals surface area contributed by atoms with E-state index in [1.54, 1.807) is 4.90 Å².